The van der Waals surface area contributed by atoms with Crippen molar-refractivity contribution in [3.63, 3.8) is 0 Å². The number of rotatable bonds is 6. The molecule has 0 spiro atoms. The highest BCUT2D eigenvalue weighted by molar-refractivity contribution is 6.30. The summed E-state index contributed by atoms with van der Waals surface area (Å²) < 4.78 is 2.02. The van der Waals surface area contributed by atoms with E-state index >= 15 is 0 Å². The maximum Gasteiger partial charge on any atom is 0.0663 e. The molecule has 0 atom stereocenters. The summed E-state index contributed by atoms with van der Waals surface area (Å²) in [4.78, 5) is 0. The summed E-state index contributed by atoms with van der Waals surface area (Å²) in [5.74, 6) is 0. The van der Waals surface area contributed by atoms with E-state index in [1.165, 1.54) is 16.8 Å². The van der Waals surface area contributed by atoms with Gasteiger partial charge in [-0.1, -0.05) is 30.7 Å². The lowest BCUT2D eigenvalue weighted by Crippen LogP contribution is -2.14. The molecule has 3 nitrogen and oxygen atoms in total. The van der Waals surface area contributed by atoms with Gasteiger partial charge in [0.25, 0.3) is 0 Å². The van der Waals surface area contributed by atoms with Gasteiger partial charge in [-0.15, -0.1) is 0 Å². The Morgan fingerprint density at radius 3 is 2.95 bits per heavy atom. The van der Waals surface area contributed by atoms with Crippen molar-refractivity contribution in [2.75, 3.05) is 6.54 Å². The molecule has 0 unspecified atom stereocenters. The predicted octanol–water partition coefficient (Wildman–Crippen LogP) is 3.39. The number of nitrogens with one attached hydrogen (secondary N) is 1. The summed E-state index contributed by atoms with van der Waals surface area (Å²) in [7, 11) is 0. The highest BCUT2D eigenvalue weighted by Gasteiger charge is 2.06. The van der Waals surface area contributed by atoms with Gasteiger partial charge < -0.3 is 5.32 Å². The fraction of sp³-hybridized carbons (Fsp3) is 0.400. The molecule has 0 amide bonds. The Bertz CT molecular complexity index is 534. The zero-order valence-electron chi connectivity index (χ0n) is 11.5. The first kappa shape index (κ1) is 14.1. The fourth-order valence-corrected chi connectivity index (χ4v) is 2.24. The zero-order chi connectivity index (χ0) is 13.7. The molecule has 0 aliphatic heterocycles. The van der Waals surface area contributed by atoms with Crippen LogP contribution in [0.2, 0.25) is 5.02 Å². The second-order valence-electron chi connectivity index (χ2n) is 4.72. The average molecular weight is 278 g/mol. The first-order valence-corrected chi connectivity index (χ1v) is 7.05. The summed E-state index contributed by atoms with van der Waals surface area (Å²) in [6, 6.07) is 7.92. The lowest BCUT2D eigenvalue weighted by atomic mass is 10.2. The van der Waals surface area contributed by atoms with Crippen molar-refractivity contribution in [3.05, 3.63) is 52.3 Å². The molecule has 1 aromatic carbocycles. The van der Waals surface area contributed by atoms with Gasteiger partial charge in [-0.25, -0.2) is 0 Å². The molecule has 0 aliphatic rings. The van der Waals surface area contributed by atoms with Gasteiger partial charge in [0.1, 0.15) is 0 Å². The van der Waals surface area contributed by atoms with Gasteiger partial charge >= 0.3 is 0 Å². The van der Waals surface area contributed by atoms with Crippen LogP contribution in [0.3, 0.4) is 0 Å². The van der Waals surface area contributed by atoms with Gasteiger partial charge in [0.15, 0.2) is 0 Å². The molecule has 1 N–H and O–H groups in total. The van der Waals surface area contributed by atoms with Gasteiger partial charge in [0.05, 0.1) is 12.7 Å². The highest BCUT2D eigenvalue weighted by atomic mass is 35.5. The van der Waals surface area contributed by atoms with Crippen LogP contribution in [0.15, 0.2) is 30.5 Å². The summed E-state index contributed by atoms with van der Waals surface area (Å²) in [5.41, 5.74) is 3.64. The van der Waals surface area contributed by atoms with E-state index in [0.29, 0.717) is 0 Å². The van der Waals surface area contributed by atoms with Gasteiger partial charge in [-0.05, 0) is 37.6 Å². The Morgan fingerprint density at radius 2 is 2.21 bits per heavy atom. The Morgan fingerprint density at radius 1 is 1.37 bits per heavy atom. The number of benzene rings is 1. The quantitative estimate of drug-likeness (QED) is 0.820. The standard InChI is InChI=1S/C15H20ClN3/c1-3-7-17-9-14-10-18-19(12(14)2)11-13-5-4-6-15(16)8-13/h4-6,8,10,17H,3,7,9,11H2,1-2H3. The van der Waals surface area contributed by atoms with Crippen LogP contribution in [-0.4, -0.2) is 16.3 Å². The molecule has 4 heteroatoms. The molecule has 0 aliphatic carbocycles. The minimum atomic E-state index is 0.764. The molecular weight excluding hydrogens is 258 g/mol. The molecule has 2 rings (SSSR count). The number of halogens is 1. The van der Waals surface area contributed by atoms with Crippen LogP contribution in [0.25, 0.3) is 0 Å². The maximum atomic E-state index is 6.00. The second kappa shape index (κ2) is 6.73. The van der Waals surface area contributed by atoms with Crippen LogP contribution >= 0.6 is 11.6 Å². The Hall–Kier alpha value is -1.32. The molecule has 0 saturated heterocycles. The number of hydrogen-bond donors (Lipinski definition) is 1. The third-order valence-corrected chi connectivity index (χ3v) is 3.40. The summed E-state index contributed by atoms with van der Waals surface area (Å²) in [6.07, 6.45) is 3.10. The molecule has 19 heavy (non-hydrogen) atoms. The lowest BCUT2D eigenvalue weighted by molar-refractivity contribution is 0.651. The van der Waals surface area contributed by atoms with E-state index in [1.54, 1.807) is 0 Å². The molecule has 1 heterocycles. The highest BCUT2D eigenvalue weighted by Crippen LogP contribution is 2.14. The van der Waals surface area contributed by atoms with E-state index in [1.807, 2.05) is 29.1 Å². The van der Waals surface area contributed by atoms with E-state index in [0.717, 1.165) is 31.1 Å². The van der Waals surface area contributed by atoms with E-state index in [-0.39, 0.29) is 0 Å². The monoisotopic (exact) mass is 277 g/mol. The average Bonchev–Trinajstić information content (AvgIpc) is 2.72. The molecular formula is C15H20ClN3. The summed E-state index contributed by atoms with van der Waals surface area (Å²) >= 11 is 6.00. The predicted molar refractivity (Wildman–Crippen MR) is 79.5 cm³/mol. The Kier molecular flexibility index (Phi) is 5.00. The largest absolute Gasteiger partial charge is 0.313 e. The van der Waals surface area contributed by atoms with Crippen molar-refractivity contribution < 1.29 is 0 Å². The van der Waals surface area contributed by atoms with Crippen LogP contribution in [0.5, 0.6) is 0 Å². The van der Waals surface area contributed by atoms with Crippen LogP contribution < -0.4 is 5.32 Å². The van der Waals surface area contributed by atoms with Crippen molar-refractivity contribution in [1.82, 2.24) is 15.1 Å². The van der Waals surface area contributed by atoms with Gasteiger partial charge in [0, 0.05) is 22.8 Å². The maximum absolute atomic E-state index is 6.00. The van der Waals surface area contributed by atoms with Crippen LogP contribution in [0, 0.1) is 6.92 Å². The number of hydrogen-bond acceptors (Lipinski definition) is 2. The minimum Gasteiger partial charge on any atom is -0.313 e. The smallest absolute Gasteiger partial charge is 0.0663 e. The SMILES string of the molecule is CCCNCc1cnn(Cc2cccc(Cl)c2)c1C. The summed E-state index contributed by atoms with van der Waals surface area (Å²) in [6.45, 7) is 6.97. The number of aromatic nitrogens is 2. The van der Waals surface area contributed by atoms with Crippen molar-refractivity contribution in [2.24, 2.45) is 0 Å². The molecule has 2 aromatic rings. The first-order valence-electron chi connectivity index (χ1n) is 6.67. The first-order chi connectivity index (χ1) is 9.20. The number of nitrogens with zero attached hydrogens (tertiary/aromatic N) is 2. The zero-order valence-corrected chi connectivity index (χ0v) is 12.2. The van der Waals surface area contributed by atoms with Crippen molar-refractivity contribution in [1.29, 1.82) is 0 Å². The molecule has 1 aromatic heterocycles. The van der Waals surface area contributed by atoms with Crippen LogP contribution in [-0.2, 0) is 13.1 Å². The second-order valence-corrected chi connectivity index (χ2v) is 5.16. The third-order valence-electron chi connectivity index (χ3n) is 3.17. The van der Waals surface area contributed by atoms with Gasteiger partial charge in [0.2, 0.25) is 0 Å². The topological polar surface area (TPSA) is 29.9 Å². The van der Waals surface area contributed by atoms with Crippen molar-refractivity contribution in [3.8, 4) is 0 Å². The molecule has 102 valence electrons. The lowest BCUT2D eigenvalue weighted by Gasteiger charge is -2.07. The van der Waals surface area contributed by atoms with Crippen molar-refractivity contribution >= 4 is 11.6 Å². The normalized spacial score (nSPS) is 10.9. The van der Waals surface area contributed by atoms with E-state index in [9.17, 15) is 0 Å². The van der Waals surface area contributed by atoms with Crippen LogP contribution in [0.1, 0.15) is 30.2 Å². The third kappa shape index (κ3) is 3.82. The van der Waals surface area contributed by atoms with Gasteiger partial charge in [-0.3, -0.25) is 4.68 Å². The molecule has 0 fully saturated rings. The molecule has 0 saturated carbocycles. The van der Waals surface area contributed by atoms with Crippen LogP contribution in [0.4, 0.5) is 0 Å². The fourth-order valence-electron chi connectivity index (χ4n) is 2.03. The molecule has 0 radical (unpaired) electrons. The van der Waals surface area contributed by atoms with E-state index in [4.69, 9.17) is 11.6 Å². The van der Waals surface area contributed by atoms with E-state index < -0.39 is 0 Å². The van der Waals surface area contributed by atoms with Crippen molar-refractivity contribution in [2.45, 2.75) is 33.4 Å². The summed E-state index contributed by atoms with van der Waals surface area (Å²) in [5, 5.41) is 8.63. The Balaban J connectivity index is 2.05. The minimum absolute atomic E-state index is 0.764. The Labute approximate surface area is 119 Å². The van der Waals surface area contributed by atoms with E-state index in [2.05, 4.69) is 30.3 Å². The van der Waals surface area contributed by atoms with Gasteiger partial charge in [-0.2, -0.15) is 5.10 Å². The molecule has 0 bridgehead atoms.